The maximum Gasteiger partial charge on any atom is 0.339 e. The van der Waals surface area contributed by atoms with E-state index >= 15 is 0 Å². The molecule has 5 nitrogen and oxygen atoms in total. The Kier molecular flexibility index (Phi) is 5.15. The lowest BCUT2D eigenvalue weighted by molar-refractivity contribution is -0.131. The molecular formula is C14H21NO4. The molecular weight excluding hydrogens is 246 g/mol. The summed E-state index contributed by atoms with van der Waals surface area (Å²) in [7, 11) is 1.70. The Morgan fingerprint density at radius 2 is 2.11 bits per heavy atom. The lowest BCUT2D eigenvalue weighted by Gasteiger charge is -2.17. The van der Waals surface area contributed by atoms with Crippen LogP contribution in [0.4, 0.5) is 0 Å². The summed E-state index contributed by atoms with van der Waals surface area (Å²) in [5.74, 6) is 0.240. The Bertz CT molecular complexity index is 464. The summed E-state index contributed by atoms with van der Waals surface area (Å²) < 4.78 is 5.35. The average molecular weight is 267 g/mol. The number of aromatic carboxylic acids is 1. The number of rotatable bonds is 6. The van der Waals surface area contributed by atoms with E-state index < -0.39 is 5.97 Å². The molecule has 106 valence electrons. The lowest BCUT2D eigenvalue weighted by atomic mass is 10.0. The van der Waals surface area contributed by atoms with Gasteiger partial charge in [-0.15, -0.1) is 0 Å². The van der Waals surface area contributed by atoms with Crippen LogP contribution in [-0.2, 0) is 11.3 Å². The highest BCUT2D eigenvalue weighted by molar-refractivity contribution is 5.88. The highest BCUT2D eigenvalue weighted by Crippen LogP contribution is 2.17. The zero-order valence-electron chi connectivity index (χ0n) is 11.9. The second kappa shape index (κ2) is 6.41. The van der Waals surface area contributed by atoms with E-state index in [1.54, 1.807) is 18.9 Å². The Morgan fingerprint density at radius 1 is 1.47 bits per heavy atom. The first-order valence-electron chi connectivity index (χ1n) is 6.41. The summed E-state index contributed by atoms with van der Waals surface area (Å²) in [6, 6.07) is 1.48. The number of amides is 1. The molecule has 19 heavy (non-hydrogen) atoms. The van der Waals surface area contributed by atoms with Gasteiger partial charge in [-0.2, -0.15) is 0 Å². The zero-order valence-corrected chi connectivity index (χ0v) is 11.9. The van der Waals surface area contributed by atoms with Gasteiger partial charge in [-0.25, -0.2) is 4.79 Å². The highest BCUT2D eigenvalue weighted by Gasteiger charge is 2.17. The smallest absolute Gasteiger partial charge is 0.339 e. The minimum atomic E-state index is -1.01. The van der Waals surface area contributed by atoms with Gasteiger partial charge in [0, 0.05) is 13.5 Å². The van der Waals surface area contributed by atoms with Crippen LogP contribution in [0.3, 0.4) is 0 Å². The quantitative estimate of drug-likeness (QED) is 0.860. The molecule has 1 amide bonds. The maximum atomic E-state index is 11.9. The van der Waals surface area contributed by atoms with E-state index in [2.05, 4.69) is 0 Å². The van der Waals surface area contributed by atoms with Crippen molar-refractivity contribution in [1.29, 1.82) is 0 Å². The van der Waals surface area contributed by atoms with Crippen LogP contribution in [0.2, 0.25) is 0 Å². The van der Waals surface area contributed by atoms with E-state index in [-0.39, 0.29) is 11.5 Å². The fourth-order valence-electron chi connectivity index (χ4n) is 1.75. The molecule has 0 aliphatic rings. The number of carboxylic acids is 1. The van der Waals surface area contributed by atoms with Crippen molar-refractivity contribution in [3.63, 3.8) is 0 Å². The van der Waals surface area contributed by atoms with Crippen LogP contribution in [0, 0.1) is 12.8 Å². The number of carboxylic acid groups (broad SMARTS) is 1. The van der Waals surface area contributed by atoms with Gasteiger partial charge in [0.2, 0.25) is 5.91 Å². The van der Waals surface area contributed by atoms with Crippen molar-refractivity contribution >= 4 is 11.9 Å². The monoisotopic (exact) mass is 267 g/mol. The summed E-state index contributed by atoms with van der Waals surface area (Å²) in [5.41, 5.74) is 0.151. The van der Waals surface area contributed by atoms with Gasteiger partial charge in [-0.1, -0.05) is 20.3 Å². The van der Waals surface area contributed by atoms with Gasteiger partial charge in [-0.05, 0) is 18.9 Å². The molecule has 1 aromatic rings. The molecule has 5 heteroatoms. The van der Waals surface area contributed by atoms with Gasteiger partial charge in [0.15, 0.2) is 0 Å². The van der Waals surface area contributed by atoms with Crippen LogP contribution in [0.15, 0.2) is 10.5 Å². The van der Waals surface area contributed by atoms with Crippen molar-refractivity contribution in [3.05, 3.63) is 23.2 Å². The molecule has 1 rings (SSSR count). The van der Waals surface area contributed by atoms with Crippen LogP contribution < -0.4 is 0 Å². The van der Waals surface area contributed by atoms with E-state index in [1.165, 1.54) is 6.07 Å². The molecule has 1 N–H and O–H groups in total. The largest absolute Gasteiger partial charge is 0.478 e. The Labute approximate surface area is 113 Å². The predicted octanol–water partition coefficient (Wildman–Crippen LogP) is 2.68. The second-order valence-electron chi connectivity index (χ2n) is 4.96. The summed E-state index contributed by atoms with van der Waals surface area (Å²) in [6.07, 6.45) is 1.46. The van der Waals surface area contributed by atoms with Gasteiger partial charge in [0.1, 0.15) is 17.1 Å². The van der Waals surface area contributed by atoms with Gasteiger partial charge < -0.3 is 14.4 Å². The predicted molar refractivity (Wildman–Crippen MR) is 71.0 cm³/mol. The molecule has 0 fully saturated rings. The average Bonchev–Trinajstić information content (AvgIpc) is 2.69. The van der Waals surface area contributed by atoms with E-state index in [0.717, 1.165) is 6.42 Å². The fourth-order valence-corrected chi connectivity index (χ4v) is 1.75. The lowest BCUT2D eigenvalue weighted by Crippen LogP contribution is -2.27. The number of furan rings is 1. The van der Waals surface area contributed by atoms with Crippen LogP contribution >= 0.6 is 0 Å². The first-order valence-corrected chi connectivity index (χ1v) is 6.41. The van der Waals surface area contributed by atoms with Crippen LogP contribution in [0.25, 0.3) is 0 Å². The van der Waals surface area contributed by atoms with Crippen molar-refractivity contribution in [2.45, 2.75) is 40.2 Å². The summed E-state index contributed by atoms with van der Waals surface area (Å²) >= 11 is 0. The van der Waals surface area contributed by atoms with Crippen molar-refractivity contribution in [2.75, 3.05) is 7.05 Å². The number of aryl methyl sites for hydroxylation is 1. The molecule has 0 spiro atoms. The molecule has 1 atom stereocenters. The second-order valence-corrected chi connectivity index (χ2v) is 4.96. The normalized spacial score (nSPS) is 12.2. The van der Waals surface area contributed by atoms with E-state index in [9.17, 15) is 9.59 Å². The van der Waals surface area contributed by atoms with Gasteiger partial charge in [-0.3, -0.25) is 4.79 Å². The third kappa shape index (κ3) is 4.12. The molecule has 0 bridgehead atoms. The number of nitrogens with zero attached hydrogens (tertiary/aromatic N) is 1. The van der Waals surface area contributed by atoms with Crippen LogP contribution in [0.1, 0.15) is 48.6 Å². The number of carbonyl (C=O) groups excluding carboxylic acids is 1. The number of carbonyl (C=O) groups is 2. The van der Waals surface area contributed by atoms with E-state index in [1.807, 2.05) is 13.8 Å². The summed E-state index contributed by atoms with van der Waals surface area (Å²) in [4.78, 5) is 24.4. The van der Waals surface area contributed by atoms with Crippen molar-refractivity contribution in [3.8, 4) is 0 Å². The molecule has 0 radical (unpaired) electrons. The summed E-state index contributed by atoms with van der Waals surface area (Å²) in [5, 5.41) is 8.93. The van der Waals surface area contributed by atoms with Gasteiger partial charge in [0.05, 0.1) is 6.54 Å². The molecule has 0 aliphatic carbocycles. The Balaban J connectivity index is 2.66. The van der Waals surface area contributed by atoms with Crippen LogP contribution in [0.5, 0.6) is 0 Å². The topological polar surface area (TPSA) is 70.8 Å². The molecule has 0 saturated heterocycles. The zero-order chi connectivity index (χ0) is 14.6. The third-order valence-electron chi connectivity index (χ3n) is 3.24. The minimum absolute atomic E-state index is 0.0419. The standard InChI is InChI=1S/C14H21NO4/c1-5-9(2)6-13(16)15(4)8-11-7-12(14(17)18)10(3)19-11/h7,9H,5-6,8H2,1-4H3,(H,17,18). The van der Waals surface area contributed by atoms with Gasteiger partial charge >= 0.3 is 5.97 Å². The van der Waals surface area contributed by atoms with Crippen LogP contribution in [-0.4, -0.2) is 28.9 Å². The third-order valence-corrected chi connectivity index (χ3v) is 3.24. The van der Waals surface area contributed by atoms with E-state index in [4.69, 9.17) is 9.52 Å². The molecule has 1 aromatic heterocycles. The van der Waals surface area contributed by atoms with E-state index in [0.29, 0.717) is 30.4 Å². The molecule has 1 heterocycles. The highest BCUT2D eigenvalue weighted by atomic mass is 16.4. The van der Waals surface area contributed by atoms with Crippen molar-refractivity contribution in [2.24, 2.45) is 5.92 Å². The Morgan fingerprint density at radius 3 is 2.58 bits per heavy atom. The number of hydrogen-bond acceptors (Lipinski definition) is 3. The maximum absolute atomic E-state index is 11.9. The Hall–Kier alpha value is -1.78. The van der Waals surface area contributed by atoms with Gasteiger partial charge in [0.25, 0.3) is 0 Å². The molecule has 0 saturated carbocycles. The summed E-state index contributed by atoms with van der Waals surface area (Å²) in [6.45, 7) is 5.98. The van der Waals surface area contributed by atoms with Crippen molar-refractivity contribution in [1.82, 2.24) is 4.90 Å². The fraction of sp³-hybridized carbons (Fsp3) is 0.571. The first-order chi connectivity index (χ1) is 8.85. The molecule has 0 aromatic carbocycles. The molecule has 1 unspecified atom stereocenters. The minimum Gasteiger partial charge on any atom is -0.478 e. The van der Waals surface area contributed by atoms with Crippen molar-refractivity contribution < 1.29 is 19.1 Å². The molecule has 0 aliphatic heterocycles. The first kappa shape index (κ1) is 15.3. The SMILES string of the molecule is CCC(C)CC(=O)N(C)Cc1cc(C(=O)O)c(C)o1. The number of hydrogen-bond donors (Lipinski definition) is 1.